The minimum atomic E-state index is -0.809. The number of unbranched alkanes of at least 4 members (excludes halogenated alkanes) is 1. The number of aliphatic carboxylic acids is 1. The van der Waals surface area contributed by atoms with E-state index in [4.69, 9.17) is 5.11 Å². The zero-order valence-electron chi connectivity index (χ0n) is 8.80. The van der Waals surface area contributed by atoms with Crippen LogP contribution < -0.4 is 0 Å². The van der Waals surface area contributed by atoms with Crippen LogP contribution in [0.15, 0.2) is 28.8 Å². The highest BCUT2D eigenvalue weighted by Crippen LogP contribution is 2.23. The maximum absolute atomic E-state index is 10.3. The first-order valence-electron chi connectivity index (χ1n) is 5.04. The number of hydrogen-bond donors (Lipinski definition) is 2. The normalized spacial score (nSPS) is 15.4. The number of carbonyl (C=O) groups is 1. The smallest absolute Gasteiger partial charge is 0.303 e. The van der Waals surface area contributed by atoms with Crippen LogP contribution in [0, 0.1) is 4.91 Å². The molecule has 1 aliphatic heterocycles. The van der Waals surface area contributed by atoms with E-state index in [9.17, 15) is 14.9 Å². The predicted molar refractivity (Wildman–Crippen MR) is 56.3 cm³/mol. The van der Waals surface area contributed by atoms with Gasteiger partial charge in [0.05, 0.1) is 6.20 Å². The zero-order chi connectivity index (χ0) is 12.0. The van der Waals surface area contributed by atoms with Crippen LogP contribution in [0.25, 0.3) is 0 Å². The van der Waals surface area contributed by atoms with E-state index in [1.54, 1.807) is 0 Å². The molecule has 0 amide bonds. The molecule has 0 fully saturated rings. The first-order chi connectivity index (χ1) is 7.61. The van der Waals surface area contributed by atoms with Crippen molar-refractivity contribution in [2.75, 3.05) is 0 Å². The van der Waals surface area contributed by atoms with E-state index < -0.39 is 5.97 Å². The third-order valence-electron chi connectivity index (χ3n) is 2.26. The van der Waals surface area contributed by atoms with Gasteiger partial charge in [-0.3, -0.25) is 10.0 Å². The highest BCUT2D eigenvalue weighted by molar-refractivity contribution is 5.66. The summed E-state index contributed by atoms with van der Waals surface area (Å²) in [6.45, 7) is 0. The maximum atomic E-state index is 10.3. The van der Waals surface area contributed by atoms with Gasteiger partial charge in [-0.05, 0) is 30.0 Å². The molecule has 0 radical (unpaired) electrons. The van der Waals surface area contributed by atoms with Crippen LogP contribution in [0.4, 0.5) is 0 Å². The molecule has 88 valence electrons. The minimum absolute atomic E-state index is 0.144. The van der Waals surface area contributed by atoms with Gasteiger partial charge in [0, 0.05) is 19.0 Å². The molecule has 6 nitrogen and oxygen atoms in total. The third kappa shape index (κ3) is 4.22. The zero-order valence-corrected chi connectivity index (χ0v) is 8.80. The molecule has 0 bridgehead atoms. The molecule has 0 aromatic carbocycles. The first-order valence-corrected chi connectivity index (χ1v) is 5.04. The molecule has 1 aliphatic rings. The summed E-state index contributed by atoms with van der Waals surface area (Å²) < 4.78 is 0. The Hall–Kier alpha value is -1.69. The van der Waals surface area contributed by atoms with Crippen molar-refractivity contribution in [2.24, 2.45) is 5.18 Å². The van der Waals surface area contributed by atoms with Crippen molar-refractivity contribution in [3.8, 4) is 0 Å². The van der Waals surface area contributed by atoms with E-state index in [1.165, 1.54) is 12.4 Å². The van der Waals surface area contributed by atoms with Crippen LogP contribution in [0.5, 0.6) is 0 Å². The molecule has 0 atom stereocenters. The van der Waals surface area contributed by atoms with Crippen LogP contribution >= 0.6 is 0 Å². The van der Waals surface area contributed by atoms with Crippen molar-refractivity contribution in [1.82, 2.24) is 5.06 Å². The molecule has 2 N–H and O–H groups in total. The molecule has 1 rings (SSSR count). The molecule has 16 heavy (non-hydrogen) atoms. The Labute approximate surface area is 92.8 Å². The Morgan fingerprint density at radius 1 is 1.44 bits per heavy atom. The van der Waals surface area contributed by atoms with E-state index in [2.05, 4.69) is 5.18 Å². The number of nitrogens with zero attached hydrogens (tertiary/aromatic N) is 2. The van der Waals surface area contributed by atoms with E-state index >= 15 is 0 Å². The minimum Gasteiger partial charge on any atom is -0.481 e. The quantitative estimate of drug-likeness (QED) is 0.535. The molecule has 1 heterocycles. The molecule has 0 aliphatic carbocycles. The first kappa shape index (κ1) is 12.4. The highest BCUT2D eigenvalue weighted by Gasteiger charge is 2.11. The van der Waals surface area contributed by atoms with Crippen LogP contribution in [0.3, 0.4) is 0 Å². The van der Waals surface area contributed by atoms with Crippen molar-refractivity contribution >= 4 is 5.97 Å². The fraction of sp³-hybridized carbons (Fsp3) is 0.500. The summed E-state index contributed by atoms with van der Waals surface area (Å²) in [6.07, 6.45) is 5.32. The molecule has 0 aromatic rings. The number of hydroxylamine groups is 2. The lowest BCUT2D eigenvalue weighted by Crippen LogP contribution is -2.10. The van der Waals surface area contributed by atoms with Gasteiger partial charge >= 0.3 is 5.97 Å². The van der Waals surface area contributed by atoms with Gasteiger partial charge in [-0.1, -0.05) is 0 Å². The Balaban J connectivity index is 2.32. The van der Waals surface area contributed by atoms with Gasteiger partial charge in [-0.2, -0.15) is 0 Å². The fourth-order valence-corrected chi connectivity index (χ4v) is 1.54. The molecule has 0 saturated heterocycles. The van der Waals surface area contributed by atoms with Gasteiger partial charge in [-0.15, -0.1) is 4.91 Å². The third-order valence-corrected chi connectivity index (χ3v) is 2.26. The number of allylic oxidation sites excluding steroid dienone is 1. The van der Waals surface area contributed by atoms with Gasteiger partial charge in [0.25, 0.3) is 0 Å². The van der Waals surface area contributed by atoms with E-state index in [0.717, 1.165) is 17.1 Å². The summed E-state index contributed by atoms with van der Waals surface area (Å²) in [5, 5.41) is 21.2. The van der Waals surface area contributed by atoms with Crippen molar-refractivity contribution in [2.45, 2.75) is 32.1 Å². The SMILES string of the molecule is O=NC1=CN(O)C=C(CCCCC(=O)O)C1. The lowest BCUT2D eigenvalue weighted by molar-refractivity contribution is -0.137. The van der Waals surface area contributed by atoms with E-state index in [-0.39, 0.29) is 12.1 Å². The summed E-state index contributed by atoms with van der Waals surface area (Å²) in [7, 11) is 0. The van der Waals surface area contributed by atoms with Crippen molar-refractivity contribution < 1.29 is 15.1 Å². The maximum Gasteiger partial charge on any atom is 0.303 e. The summed E-state index contributed by atoms with van der Waals surface area (Å²) in [5.74, 6) is -0.809. The summed E-state index contributed by atoms with van der Waals surface area (Å²) in [4.78, 5) is 20.6. The fourth-order valence-electron chi connectivity index (χ4n) is 1.54. The molecule has 0 aromatic heterocycles. The number of carboxylic acids is 1. The predicted octanol–water partition coefficient (Wildman–Crippen LogP) is 2.22. The van der Waals surface area contributed by atoms with Crippen LogP contribution in [-0.2, 0) is 4.79 Å². The molecule has 6 heteroatoms. The number of nitroso groups, excluding NO2 is 1. The average Bonchev–Trinajstić information content (AvgIpc) is 2.23. The number of hydrogen-bond acceptors (Lipinski definition) is 5. The van der Waals surface area contributed by atoms with Crippen LogP contribution in [-0.4, -0.2) is 21.3 Å². The van der Waals surface area contributed by atoms with Crippen molar-refractivity contribution in [3.63, 3.8) is 0 Å². The second-order valence-electron chi connectivity index (χ2n) is 3.66. The highest BCUT2D eigenvalue weighted by atomic mass is 16.5. The standard InChI is InChI=1S/C10H14N2O4/c13-10(14)4-2-1-3-8-5-9(11-15)7-12(16)6-8/h6-7,16H,1-5H2,(H,13,14). The van der Waals surface area contributed by atoms with Gasteiger partial charge in [0.1, 0.15) is 5.70 Å². The Morgan fingerprint density at radius 3 is 2.81 bits per heavy atom. The van der Waals surface area contributed by atoms with E-state index in [1.807, 2.05) is 0 Å². The van der Waals surface area contributed by atoms with Crippen LogP contribution in [0.2, 0.25) is 0 Å². The Bertz CT molecular complexity index is 336. The summed E-state index contributed by atoms with van der Waals surface area (Å²) >= 11 is 0. The molecule has 0 saturated carbocycles. The second kappa shape index (κ2) is 6.02. The second-order valence-corrected chi connectivity index (χ2v) is 3.66. The largest absolute Gasteiger partial charge is 0.481 e. The average molecular weight is 226 g/mol. The van der Waals surface area contributed by atoms with Gasteiger partial charge in [0.2, 0.25) is 0 Å². The molecular weight excluding hydrogens is 212 g/mol. The molecule has 0 spiro atoms. The lowest BCUT2D eigenvalue weighted by Gasteiger charge is -2.16. The van der Waals surface area contributed by atoms with Crippen molar-refractivity contribution in [3.05, 3.63) is 28.6 Å². The van der Waals surface area contributed by atoms with Gasteiger partial charge in [0.15, 0.2) is 0 Å². The van der Waals surface area contributed by atoms with Gasteiger partial charge < -0.3 is 5.11 Å². The molecule has 0 unspecified atom stereocenters. The van der Waals surface area contributed by atoms with Crippen molar-refractivity contribution in [1.29, 1.82) is 0 Å². The lowest BCUT2D eigenvalue weighted by atomic mass is 10.0. The summed E-state index contributed by atoms with van der Waals surface area (Å²) in [6, 6.07) is 0. The monoisotopic (exact) mass is 226 g/mol. The van der Waals surface area contributed by atoms with Gasteiger partial charge in [-0.25, -0.2) is 5.06 Å². The Morgan fingerprint density at radius 2 is 2.19 bits per heavy atom. The molecular formula is C10H14N2O4. The topological polar surface area (TPSA) is 90.2 Å². The summed E-state index contributed by atoms with van der Waals surface area (Å²) in [5.41, 5.74) is 1.16. The Kier molecular flexibility index (Phi) is 4.65. The number of rotatable bonds is 6. The number of carboxylic acid groups (broad SMARTS) is 1. The van der Waals surface area contributed by atoms with Crippen LogP contribution in [0.1, 0.15) is 32.1 Å². The van der Waals surface area contributed by atoms with E-state index in [0.29, 0.717) is 19.3 Å².